The average molecular weight is 573 g/mol. The van der Waals surface area contributed by atoms with Gasteiger partial charge in [-0.3, -0.25) is 9.36 Å². The molecule has 180 valence electrons. The molecule has 0 saturated carbocycles. The van der Waals surface area contributed by atoms with Crippen molar-refractivity contribution in [3.63, 3.8) is 0 Å². The summed E-state index contributed by atoms with van der Waals surface area (Å²) >= 11 is 6.11. The van der Waals surface area contributed by atoms with Crippen molar-refractivity contribution in [2.75, 3.05) is 18.2 Å². The highest BCUT2D eigenvalue weighted by Gasteiger charge is 2.15. The molecule has 0 saturated heterocycles. The van der Waals surface area contributed by atoms with Crippen molar-refractivity contribution < 1.29 is 14.3 Å². The van der Waals surface area contributed by atoms with Gasteiger partial charge in [-0.15, -0.1) is 28.1 Å². The first-order valence-electron chi connectivity index (χ1n) is 10.5. The lowest BCUT2D eigenvalue weighted by Gasteiger charge is -2.09. The standard InChI is InChI=1S/C24H22BrN5O3S2/c1-3-12-30-21(13-33-19-10-8-18(32-2)9-11-19)28-29-24(30)35-15-22(31)27-23-26-20(14-34-23)16-4-6-17(25)7-5-16/h3-11,14H,1,12-13,15H2,2H3,(H,26,27,31). The van der Waals surface area contributed by atoms with Gasteiger partial charge in [0, 0.05) is 22.0 Å². The highest BCUT2D eigenvalue weighted by atomic mass is 79.9. The second kappa shape index (κ2) is 12.0. The lowest BCUT2D eigenvalue weighted by atomic mass is 10.2. The number of rotatable bonds is 11. The minimum Gasteiger partial charge on any atom is -0.497 e. The lowest BCUT2D eigenvalue weighted by molar-refractivity contribution is -0.113. The predicted molar refractivity (Wildman–Crippen MR) is 142 cm³/mol. The zero-order chi connectivity index (χ0) is 24.6. The van der Waals surface area contributed by atoms with Gasteiger partial charge < -0.3 is 14.8 Å². The first-order valence-corrected chi connectivity index (χ1v) is 13.2. The molecule has 0 aliphatic heterocycles. The minimum absolute atomic E-state index is 0.168. The van der Waals surface area contributed by atoms with E-state index in [-0.39, 0.29) is 18.3 Å². The van der Waals surface area contributed by atoms with Gasteiger partial charge in [0.1, 0.15) is 18.1 Å². The number of carbonyl (C=O) groups excluding carboxylic acids is 1. The molecular weight excluding hydrogens is 550 g/mol. The number of thiazole rings is 1. The molecule has 2 aromatic carbocycles. The molecular formula is C24H22BrN5O3S2. The van der Waals surface area contributed by atoms with Crippen LogP contribution in [0.25, 0.3) is 11.3 Å². The molecule has 0 radical (unpaired) electrons. The van der Waals surface area contributed by atoms with Crippen LogP contribution >= 0.6 is 39.0 Å². The number of benzene rings is 2. The Bertz CT molecular complexity index is 1290. The molecule has 0 spiro atoms. The third-order valence-electron chi connectivity index (χ3n) is 4.76. The highest BCUT2D eigenvalue weighted by molar-refractivity contribution is 9.10. The van der Waals surface area contributed by atoms with Gasteiger partial charge in [0.2, 0.25) is 5.91 Å². The third-order valence-corrected chi connectivity index (χ3v) is 7.01. The van der Waals surface area contributed by atoms with Gasteiger partial charge in [-0.1, -0.05) is 45.9 Å². The maximum atomic E-state index is 12.5. The minimum atomic E-state index is -0.170. The first-order chi connectivity index (χ1) is 17.1. The topological polar surface area (TPSA) is 91.2 Å². The van der Waals surface area contributed by atoms with E-state index in [2.05, 4.69) is 43.0 Å². The van der Waals surface area contributed by atoms with Crippen LogP contribution in [-0.2, 0) is 17.9 Å². The number of carbonyl (C=O) groups is 1. The Balaban J connectivity index is 1.33. The third kappa shape index (κ3) is 6.71. The van der Waals surface area contributed by atoms with Gasteiger partial charge in [-0.2, -0.15) is 0 Å². The summed E-state index contributed by atoms with van der Waals surface area (Å²) in [6.07, 6.45) is 1.75. The predicted octanol–water partition coefficient (Wildman–Crippen LogP) is 5.67. The van der Waals surface area contributed by atoms with Gasteiger partial charge in [-0.25, -0.2) is 4.98 Å². The fourth-order valence-corrected chi connectivity index (χ4v) is 4.80. The molecule has 2 heterocycles. The van der Waals surface area contributed by atoms with Gasteiger partial charge in [0.25, 0.3) is 0 Å². The van der Waals surface area contributed by atoms with Crippen molar-refractivity contribution in [2.45, 2.75) is 18.3 Å². The van der Waals surface area contributed by atoms with E-state index < -0.39 is 0 Å². The molecule has 0 unspecified atom stereocenters. The van der Waals surface area contributed by atoms with E-state index in [1.54, 1.807) is 13.2 Å². The second-order valence-electron chi connectivity index (χ2n) is 7.14. The summed E-state index contributed by atoms with van der Waals surface area (Å²) in [7, 11) is 1.62. The number of hydrogen-bond acceptors (Lipinski definition) is 8. The van der Waals surface area contributed by atoms with Crippen molar-refractivity contribution in [1.82, 2.24) is 19.7 Å². The Hall–Kier alpha value is -3.15. The fourth-order valence-electron chi connectivity index (χ4n) is 3.03. The molecule has 0 aliphatic carbocycles. The largest absolute Gasteiger partial charge is 0.497 e. The van der Waals surface area contributed by atoms with Crippen LogP contribution in [0, 0.1) is 0 Å². The maximum Gasteiger partial charge on any atom is 0.236 e. The molecule has 8 nitrogen and oxygen atoms in total. The summed E-state index contributed by atoms with van der Waals surface area (Å²) in [5.41, 5.74) is 1.80. The second-order valence-corrected chi connectivity index (χ2v) is 9.86. The smallest absolute Gasteiger partial charge is 0.236 e. The van der Waals surface area contributed by atoms with Crippen molar-refractivity contribution in [3.8, 4) is 22.8 Å². The van der Waals surface area contributed by atoms with Crippen LogP contribution in [0.15, 0.2) is 76.2 Å². The number of anilines is 1. The van der Waals surface area contributed by atoms with E-state index in [1.165, 1.54) is 23.1 Å². The number of methoxy groups -OCH3 is 1. The highest BCUT2D eigenvalue weighted by Crippen LogP contribution is 2.27. The van der Waals surface area contributed by atoms with Crippen molar-refractivity contribution >= 4 is 50.1 Å². The van der Waals surface area contributed by atoms with E-state index >= 15 is 0 Å². The molecule has 4 aromatic rings. The molecule has 1 amide bonds. The van der Waals surface area contributed by atoms with Gasteiger partial charge >= 0.3 is 0 Å². The number of amides is 1. The Labute approximate surface area is 219 Å². The van der Waals surface area contributed by atoms with Crippen molar-refractivity contribution in [3.05, 3.63) is 76.9 Å². The molecule has 1 N–H and O–H groups in total. The zero-order valence-corrected chi connectivity index (χ0v) is 22.0. The van der Waals surface area contributed by atoms with E-state index in [0.29, 0.717) is 28.4 Å². The summed E-state index contributed by atoms with van der Waals surface area (Å²) in [5.74, 6) is 2.09. The molecule has 0 aliphatic rings. The fraction of sp³-hybridized carbons (Fsp3) is 0.167. The van der Waals surface area contributed by atoms with Crippen LogP contribution in [0.1, 0.15) is 5.82 Å². The van der Waals surface area contributed by atoms with Gasteiger partial charge in [0.05, 0.1) is 18.6 Å². The summed E-state index contributed by atoms with van der Waals surface area (Å²) < 4.78 is 13.9. The molecule has 0 fully saturated rings. The molecule has 0 bridgehead atoms. The van der Waals surface area contributed by atoms with Crippen LogP contribution in [0.5, 0.6) is 11.5 Å². The van der Waals surface area contributed by atoms with E-state index in [1.807, 2.05) is 58.5 Å². The summed E-state index contributed by atoms with van der Waals surface area (Å²) in [5, 5.41) is 14.4. The Kier molecular flexibility index (Phi) is 8.56. The molecule has 0 atom stereocenters. The SMILES string of the molecule is C=CCn1c(COc2ccc(OC)cc2)nnc1SCC(=O)Nc1nc(-c2ccc(Br)cc2)cs1. The van der Waals surface area contributed by atoms with E-state index in [0.717, 1.165) is 21.5 Å². The molecule has 2 aromatic heterocycles. The number of ether oxygens (including phenoxy) is 2. The summed E-state index contributed by atoms with van der Waals surface area (Å²) in [6, 6.07) is 15.2. The summed E-state index contributed by atoms with van der Waals surface area (Å²) in [4.78, 5) is 17.0. The molecule has 35 heavy (non-hydrogen) atoms. The van der Waals surface area contributed by atoms with E-state index in [9.17, 15) is 4.79 Å². The molecule has 4 rings (SSSR count). The number of allylic oxidation sites excluding steroid dienone is 1. The van der Waals surface area contributed by atoms with Crippen molar-refractivity contribution in [1.29, 1.82) is 0 Å². The number of nitrogens with one attached hydrogen (secondary N) is 1. The normalized spacial score (nSPS) is 10.7. The monoisotopic (exact) mass is 571 g/mol. The maximum absolute atomic E-state index is 12.5. The number of halogens is 1. The van der Waals surface area contributed by atoms with Crippen molar-refractivity contribution in [2.24, 2.45) is 0 Å². The van der Waals surface area contributed by atoms with E-state index in [4.69, 9.17) is 9.47 Å². The summed E-state index contributed by atoms with van der Waals surface area (Å²) in [6.45, 7) is 4.54. The quantitative estimate of drug-likeness (QED) is 0.183. The number of thioether (sulfide) groups is 1. The van der Waals surface area contributed by atoms with Crippen LogP contribution in [0.2, 0.25) is 0 Å². The number of hydrogen-bond donors (Lipinski definition) is 1. The van der Waals surface area contributed by atoms with Gasteiger partial charge in [0.15, 0.2) is 16.1 Å². The van der Waals surface area contributed by atoms with Crippen LogP contribution < -0.4 is 14.8 Å². The number of aromatic nitrogens is 4. The van der Waals surface area contributed by atoms with Crippen LogP contribution in [-0.4, -0.2) is 38.5 Å². The Morgan fingerprint density at radius 1 is 1.17 bits per heavy atom. The Morgan fingerprint density at radius 2 is 1.91 bits per heavy atom. The van der Waals surface area contributed by atoms with Gasteiger partial charge in [-0.05, 0) is 36.4 Å². The first kappa shape index (κ1) is 25.0. The average Bonchev–Trinajstić information content (AvgIpc) is 3.49. The number of nitrogens with zero attached hydrogens (tertiary/aromatic N) is 4. The van der Waals surface area contributed by atoms with Crippen LogP contribution in [0.3, 0.4) is 0 Å². The molecule has 11 heteroatoms. The Morgan fingerprint density at radius 3 is 2.63 bits per heavy atom. The van der Waals surface area contributed by atoms with Crippen LogP contribution in [0.4, 0.5) is 5.13 Å². The lowest BCUT2D eigenvalue weighted by Crippen LogP contribution is -2.15. The zero-order valence-electron chi connectivity index (χ0n) is 18.8.